The fourth-order valence-electron chi connectivity index (χ4n) is 2.79. The average Bonchev–Trinajstić information content (AvgIpc) is 2.42. The third kappa shape index (κ3) is 4.58. The SMILES string of the molecule is C=C[C@H]([C@@H](CC)N[C@H](CO)c1ccccc1)[Si](C)(C)C. The maximum absolute atomic E-state index is 9.70. The first-order valence-electron chi connectivity index (χ1n) is 7.48. The highest BCUT2D eigenvalue weighted by Crippen LogP contribution is 2.30. The normalized spacial score (nSPS) is 16.4. The van der Waals surface area contributed by atoms with Crippen molar-refractivity contribution in [3.05, 3.63) is 48.6 Å². The van der Waals surface area contributed by atoms with E-state index in [0.717, 1.165) is 12.0 Å². The molecular weight excluding hydrogens is 262 g/mol. The van der Waals surface area contributed by atoms with Gasteiger partial charge in [0, 0.05) is 6.04 Å². The Labute approximate surface area is 124 Å². The molecule has 1 aromatic carbocycles. The van der Waals surface area contributed by atoms with E-state index in [-0.39, 0.29) is 12.6 Å². The van der Waals surface area contributed by atoms with Crippen LogP contribution in [-0.2, 0) is 0 Å². The van der Waals surface area contributed by atoms with Gasteiger partial charge in [0.25, 0.3) is 0 Å². The van der Waals surface area contributed by atoms with Gasteiger partial charge in [-0.25, -0.2) is 0 Å². The predicted octanol–water partition coefficient (Wildman–Crippen LogP) is 3.98. The zero-order valence-corrected chi connectivity index (χ0v) is 14.3. The van der Waals surface area contributed by atoms with Crippen molar-refractivity contribution in [1.29, 1.82) is 0 Å². The van der Waals surface area contributed by atoms with Gasteiger partial charge in [0.05, 0.1) is 20.7 Å². The van der Waals surface area contributed by atoms with Crippen LogP contribution in [-0.4, -0.2) is 25.8 Å². The number of aliphatic hydroxyl groups excluding tert-OH is 1. The summed E-state index contributed by atoms with van der Waals surface area (Å²) in [6, 6.07) is 10.5. The van der Waals surface area contributed by atoms with Crippen LogP contribution < -0.4 is 5.32 Å². The van der Waals surface area contributed by atoms with Crippen molar-refractivity contribution in [2.45, 2.75) is 50.6 Å². The predicted molar refractivity (Wildman–Crippen MR) is 90.8 cm³/mol. The molecule has 0 radical (unpaired) electrons. The summed E-state index contributed by atoms with van der Waals surface area (Å²) < 4.78 is 0. The number of nitrogens with one attached hydrogen (secondary N) is 1. The molecule has 3 atom stereocenters. The lowest BCUT2D eigenvalue weighted by atomic mass is 10.0. The van der Waals surface area contributed by atoms with Crippen molar-refractivity contribution in [3.63, 3.8) is 0 Å². The van der Waals surface area contributed by atoms with Gasteiger partial charge in [-0.2, -0.15) is 0 Å². The molecule has 0 saturated heterocycles. The van der Waals surface area contributed by atoms with E-state index in [2.05, 4.69) is 56.7 Å². The zero-order valence-electron chi connectivity index (χ0n) is 13.3. The summed E-state index contributed by atoms with van der Waals surface area (Å²) in [6.45, 7) is 13.5. The second-order valence-corrected chi connectivity index (χ2v) is 11.9. The second kappa shape index (κ2) is 7.77. The molecule has 0 aliphatic heterocycles. The first-order chi connectivity index (χ1) is 9.43. The maximum atomic E-state index is 9.70. The molecule has 3 heteroatoms. The Bertz CT molecular complexity index is 399. The highest BCUT2D eigenvalue weighted by atomic mass is 28.3. The maximum Gasteiger partial charge on any atom is 0.0626 e. The number of benzene rings is 1. The van der Waals surface area contributed by atoms with Gasteiger partial charge in [0.2, 0.25) is 0 Å². The van der Waals surface area contributed by atoms with Crippen LogP contribution in [0.15, 0.2) is 43.0 Å². The minimum atomic E-state index is -1.31. The Balaban J connectivity index is 2.88. The minimum absolute atomic E-state index is 0.0000463. The van der Waals surface area contributed by atoms with E-state index in [1.54, 1.807) is 0 Å². The number of rotatable bonds is 8. The number of aliphatic hydroxyl groups is 1. The Morgan fingerprint density at radius 1 is 1.25 bits per heavy atom. The van der Waals surface area contributed by atoms with Crippen molar-refractivity contribution >= 4 is 8.07 Å². The van der Waals surface area contributed by atoms with E-state index in [9.17, 15) is 5.11 Å². The Hall–Kier alpha value is -0.903. The highest BCUT2D eigenvalue weighted by molar-refractivity contribution is 6.78. The van der Waals surface area contributed by atoms with Crippen molar-refractivity contribution < 1.29 is 5.11 Å². The molecule has 2 N–H and O–H groups in total. The van der Waals surface area contributed by atoms with Crippen LogP contribution in [0.4, 0.5) is 0 Å². The van der Waals surface area contributed by atoms with Crippen LogP contribution >= 0.6 is 0 Å². The molecule has 0 fully saturated rings. The summed E-state index contributed by atoms with van der Waals surface area (Å²) >= 11 is 0. The van der Waals surface area contributed by atoms with E-state index in [4.69, 9.17) is 0 Å². The summed E-state index contributed by atoms with van der Waals surface area (Å²) in [4.78, 5) is 0. The van der Waals surface area contributed by atoms with Crippen LogP contribution in [0.2, 0.25) is 25.2 Å². The summed E-state index contributed by atoms with van der Waals surface area (Å²) in [7, 11) is -1.31. The van der Waals surface area contributed by atoms with Crippen LogP contribution in [0.3, 0.4) is 0 Å². The molecule has 2 nitrogen and oxygen atoms in total. The van der Waals surface area contributed by atoms with Gasteiger partial charge in [0.1, 0.15) is 0 Å². The fourth-order valence-corrected chi connectivity index (χ4v) is 5.04. The Kier molecular flexibility index (Phi) is 6.66. The molecule has 0 bridgehead atoms. The standard InChI is InChI=1S/C17H29NOSi/c1-6-15(17(7-2)20(3,4)5)18-16(13-19)14-11-9-8-10-12-14/h7-12,15-19H,2,6,13H2,1,3-5H3/t15-,16-,17-/m1/s1. The van der Waals surface area contributed by atoms with E-state index < -0.39 is 8.07 Å². The molecule has 0 aliphatic carbocycles. The molecule has 0 amide bonds. The van der Waals surface area contributed by atoms with E-state index in [1.807, 2.05) is 18.2 Å². The number of hydrogen-bond acceptors (Lipinski definition) is 2. The van der Waals surface area contributed by atoms with E-state index in [1.165, 1.54) is 0 Å². The molecule has 0 heterocycles. The summed E-state index contributed by atoms with van der Waals surface area (Å²) in [5.74, 6) is 0. The Morgan fingerprint density at radius 3 is 2.25 bits per heavy atom. The fraction of sp³-hybridized carbons (Fsp3) is 0.529. The molecule has 0 aliphatic rings. The van der Waals surface area contributed by atoms with E-state index >= 15 is 0 Å². The molecule has 1 rings (SSSR count). The van der Waals surface area contributed by atoms with Gasteiger partial charge in [0.15, 0.2) is 0 Å². The molecule has 20 heavy (non-hydrogen) atoms. The van der Waals surface area contributed by atoms with Gasteiger partial charge >= 0.3 is 0 Å². The summed E-state index contributed by atoms with van der Waals surface area (Å²) in [5.41, 5.74) is 1.65. The van der Waals surface area contributed by atoms with Gasteiger partial charge in [-0.05, 0) is 17.5 Å². The first-order valence-corrected chi connectivity index (χ1v) is 11.1. The monoisotopic (exact) mass is 291 g/mol. The smallest absolute Gasteiger partial charge is 0.0626 e. The minimum Gasteiger partial charge on any atom is -0.394 e. The zero-order chi connectivity index (χ0) is 15.2. The summed E-state index contributed by atoms with van der Waals surface area (Å²) in [6.07, 6.45) is 3.15. The lowest BCUT2D eigenvalue weighted by Crippen LogP contribution is -2.44. The highest BCUT2D eigenvalue weighted by Gasteiger charge is 2.31. The average molecular weight is 292 g/mol. The molecule has 112 valence electrons. The van der Waals surface area contributed by atoms with Crippen molar-refractivity contribution in [2.75, 3.05) is 6.61 Å². The van der Waals surface area contributed by atoms with Crippen molar-refractivity contribution in [3.8, 4) is 0 Å². The first kappa shape index (κ1) is 17.1. The van der Waals surface area contributed by atoms with Gasteiger partial charge in [-0.3, -0.25) is 0 Å². The number of hydrogen-bond donors (Lipinski definition) is 2. The molecule has 0 unspecified atom stereocenters. The summed E-state index contributed by atoms with van der Waals surface area (Å²) in [5, 5.41) is 13.3. The van der Waals surface area contributed by atoms with Gasteiger partial charge in [-0.15, -0.1) is 6.58 Å². The van der Waals surface area contributed by atoms with Gasteiger partial charge in [-0.1, -0.05) is 63.0 Å². The topological polar surface area (TPSA) is 32.3 Å². The largest absolute Gasteiger partial charge is 0.394 e. The second-order valence-electron chi connectivity index (χ2n) is 6.45. The van der Waals surface area contributed by atoms with Crippen LogP contribution in [0.5, 0.6) is 0 Å². The molecular formula is C17H29NOSi. The van der Waals surface area contributed by atoms with Gasteiger partial charge < -0.3 is 10.4 Å². The molecule has 0 aromatic heterocycles. The Morgan fingerprint density at radius 2 is 1.85 bits per heavy atom. The molecule has 0 spiro atoms. The van der Waals surface area contributed by atoms with Crippen molar-refractivity contribution in [2.24, 2.45) is 0 Å². The molecule has 0 saturated carbocycles. The lowest BCUT2D eigenvalue weighted by Gasteiger charge is -2.36. The third-order valence-corrected chi connectivity index (χ3v) is 6.57. The van der Waals surface area contributed by atoms with Crippen LogP contribution in [0.1, 0.15) is 24.9 Å². The van der Waals surface area contributed by atoms with Crippen molar-refractivity contribution in [1.82, 2.24) is 5.32 Å². The van der Waals surface area contributed by atoms with Crippen LogP contribution in [0, 0.1) is 0 Å². The quantitative estimate of drug-likeness (QED) is 0.561. The van der Waals surface area contributed by atoms with Crippen LogP contribution in [0.25, 0.3) is 0 Å². The lowest BCUT2D eigenvalue weighted by molar-refractivity contribution is 0.231. The third-order valence-electron chi connectivity index (χ3n) is 3.93. The van der Waals surface area contributed by atoms with E-state index in [0.29, 0.717) is 11.6 Å². The molecule has 1 aromatic rings.